The van der Waals surface area contributed by atoms with E-state index in [1.54, 1.807) is 6.07 Å². The number of rotatable bonds is 1. The van der Waals surface area contributed by atoms with Crippen LogP contribution in [0.2, 0.25) is 10.0 Å². The summed E-state index contributed by atoms with van der Waals surface area (Å²) in [5.41, 5.74) is 0.403. The van der Waals surface area contributed by atoms with Gasteiger partial charge in [0, 0.05) is 10.0 Å². The summed E-state index contributed by atoms with van der Waals surface area (Å²) in [4.78, 5) is 16.6. The monoisotopic (exact) mass is 261 g/mol. The third-order valence-electron chi connectivity index (χ3n) is 2.08. The van der Waals surface area contributed by atoms with E-state index in [1.807, 2.05) is 0 Å². The summed E-state index contributed by atoms with van der Waals surface area (Å²) in [5, 5.41) is 11.4. The zero-order chi connectivity index (χ0) is 11.9. The third-order valence-corrected chi connectivity index (χ3v) is 2.51. The molecule has 0 saturated carbocycles. The Hall–Kier alpha value is -0.810. The fourth-order valence-electron chi connectivity index (χ4n) is 1.49. The molecule has 4 nitrogen and oxygen atoms in total. The Kier molecular flexibility index (Phi) is 2.84. The van der Waals surface area contributed by atoms with Crippen molar-refractivity contribution in [2.24, 2.45) is 0 Å². The van der Waals surface area contributed by atoms with Gasteiger partial charge in [0.1, 0.15) is 0 Å². The highest BCUT2D eigenvalue weighted by atomic mass is 35.5. The van der Waals surface area contributed by atoms with Crippen LogP contribution in [-0.2, 0) is 9.63 Å². The summed E-state index contributed by atoms with van der Waals surface area (Å²) in [6.07, 6.45) is -0.100. The first-order chi connectivity index (χ1) is 7.37. The van der Waals surface area contributed by atoms with Crippen LogP contribution in [0.15, 0.2) is 18.2 Å². The number of nitrogens with zero attached hydrogens (tertiary/aromatic N) is 1. The number of hydrogen-bond donors (Lipinski definition) is 1. The van der Waals surface area contributed by atoms with Crippen molar-refractivity contribution in [1.82, 2.24) is 0 Å². The minimum absolute atomic E-state index is 0.100. The van der Waals surface area contributed by atoms with Crippen LogP contribution in [0.1, 0.15) is 13.3 Å². The van der Waals surface area contributed by atoms with Crippen LogP contribution in [0.25, 0.3) is 0 Å². The lowest BCUT2D eigenvalue weighted by atomic mass is 10.2. The summed E-state index contributed by atoms with van der Waals surface area (Å²) in [7, 11) is 0. The molecular weight excluding hydrogens is 253 g/mol. The van der Waals surface area contributed by atoms with Crippen molar-refractivity contribution < 1.29 is 14.7 Å². The van der Waals surface area contributed by atoms with Gasteiger partial charge in [0.15, 0.2) is 5.79 Å². The van der Waals surface area contributed by atoms with Gasteiger partial charge >= 0.3 is 0 Å². The number of hydroxylamine groups is 1. The molecule has 16 heavy (non-hydrogen) atoms. The quantitative estimate of drug-likeness (QED) is 0.845. The van der Waals surface area contributed by atoms with Crippen LogP contribution >= 0.6 is 23.2 Å². The summed E-state index contributed by atoms with van der Waals surface area (Å²) in [6, 6.07) is 4.62. The average Bonchev–Trinajstić information content (AvgIpc) is 2.38. The Balaban J connectivity index is 2.35. The predicted octanol–water partition coefficient (Wildman–Crippen LogP) is 2.37. The second kappa shape index (κ2) is 3.89. The van der Waals surface area contributed by atoms with Crippen molar-refractivity contribution in [3.8, 4) is 0 Å². The molecule has 0 radical (unpaired) electrons. The molecule has 0 aliphatic carbocycles. The summed E-state index contributed by atoms with van der Waals surface area (Å²) in [5.74, 6) is -1.82. The first-order valence-corrected chi connectivity index (χ1v) is 5.33. The zero-order valence-corrected chi connectivity index (χ0v) is 9.92. The molecule has 1 aromatic carbocycles. The van der Waals surface area contributed by atoms with Crippen LogP contribution in [0.3, 0.4) is 0 Å². The van der Waals surface area contributed by atoms with Crippen molar-refractivity contribution in [3.05, 3.63) is 28.2 Å². The van der Waals surface area contributed by atoms with Crippen molar-refractivity contribution in [2.75, 3.05) is 5.06 Å². The summed E-state index contributed by atoms with van der Waals surface area (Å²) in [6.45, 7) is 1.41. The number of hydrogen-bond acceptors (Lipinski definition) is 3. The summed E-state index contributed by atoms with van der Waals surface area (Å²) >= 11 is 11.6. The molecule has 1 fully saturated rings. The Morgan fingerprint density at radius 2 is 1.94 bits per heavy atom. The highest BCUT2D eigenvalue weighted by Crippen LogP contribution is 2.32. The standard InChI is InChI=1S/C10H9Cl2NO3/c1-10(15)5-9(14)13(16-10)8-3-6(11)2-7(12)4-8/h2-4,15H,5H2,1H3. The fourth-order valence-corrected chi connectivity index (χ4v) is 2.00. The highest BCUT2D eigenvalue weighted by molar-refractivity contribution is 6.35. The van der Waals surface area contributed by atoms with Gasteiger partial charge in [0.25, 0.3) is 5.91 Å². The van der Waals surface area contributed by atoms with E-state index in [1.165, 1.54) is 19.1 Å². The van der Waals surface area contributed by atoms with Gasteiger partial charge in [-0.25, -0.2) is 4.84 Å². The van der Waals surface area contributed by atoms with Crippen LogP contribution in [0, 0.1) is 0 Å². The van der Waals surface area contributed by atoms with Crippen molar-refractivity contribution in [3.63, 3.8) is 0 Å². The second-order valence-electron chi connectivity index (χ2n) is 3.76. The predicted molar refractivity (Wildman–Crippen MR) is 60.3 cm³/mol. The van der Waals surface area contributed by atoms with Gasteiger partial charge in [0.2, 0.25) is 0 Å². The number of aliphatic hydroxyl groups is 1. The van der Waals surface area contributed by atoms with E-state index in [0.29, 0.717) is 15.7 Å². The Labute approximate surface area is 102 Å². The van der Waals surface area contributed by atoms with Gasteiger partial charge in [-0.15, -0.1) is 0 Å². The molecule has 1 aliphatic heterocycles. The van der Waals surface area contributed by atoms with Gasteiger partial charge in [-0.05, 0) is 25.1 Å². The fraction of sp³-hybridized carbons (Fsp3) is 0.300. The summed E-state index contributed by atoms with van der Waals surface area (Å²) < 4.78 is 0. The molecule has 1 saturated heterocycles. The minimum atomic E-state index is -1.48. The van der Waals surface area contributed by atoms with Gasteiger partial charge in [-0.2, -0.15) is 5.06 Å². The van der Waals surface area contributed by atoms with E-state index >= 15 is 0 Å². The third kappa shape index (κ3) is 2.30. The molecule has 1 unspecified atom stereocenters. The molecule has 1 aromatic rings. The van der Waals surface area contributed by atoms with Crippen LogP contribution < -0.4 is 5.06 Å². The molecule has 1 heterocycles. The lowest BCUT2D eigenvalue weighted by molar-refractivity contribution is -0.163. The molecule has 0 aromatic heterocycles. The zero-order valence-electron chi connectivity index (χ0n) is 8.41. The van der Waals surface area contributed by atoms with Crippen molar-refractivity contribution >= 4 is 34.8 Å². The maximum atomic E-state index is 11.6. The van der Waals surface area contributed by atoms with E-state index in [4.69, 9.17) is 28.0 Å². The van der Waals surface area contributed by atoms with E-state index in [-0.39, 0.29) is 12.3 Å². The lowest BCUT2D eigenvalue weighted by Crippen LogP contribution is -2.27. The number of anilines is 1. The Morgan fingerprint density at radius 1 is 1.38 bits per heavy atom. The average molecular weight is 262 g/mol. The molecule has 2 rings (SSSR count). The highest BCUT2D eigenvalue weighted by Gasteiger charge is 2.40. The van der Waals surface area contributed by atoms with Gasteiger partial charge < -0.3 is 5.11 Å². The van der Waals surface area contributed by atoms with Gasteiger partial charge in [-0.1, -0.05) is 23.2 Å². The second-order valence-corrected chi connectivity index (χ2v) is 4.63. The molecule has 1 N–H and O–H groups in total. The van der Waals surface area contributed by atoms with Crippen LogP contribution in [0.4, 0.5) is 5.69 Å². The van der Waals surface area contributed by atoms with Gasteiger partial charge in [0.05, 0.1) is 12.1 Å². The van der Waals surface area contributed by atoms with E-state index < -0.39 is 5.79 Å². The van der Waals surface area contributed by atoms with Crippen LogP contribution in [-0.4, -0.2) is 16.8 Å². The molecule has 0 spiro atoms. The van der Waals surface area contributed by atoms with Gasteiger partial charge in [-0.3, -0.25) is 4.79 Å². The van der Waals surface area contributed by atoms with E-state index in [0.717, 1.165) is 5.06 Å². The number of amides is 1. The molecule has 1 amide bonds. The first kappa shape index (κ1) is 11.7. The van der Waals surface area contributed by atoms with Crippen molar-refractivity contribution in [1.29, 1.82) is 0 Å². The number of carbonyl (C=O) groups is 1. The molecular formula is C10H9Cl2NO3. The van der Waals surface area contributed by atoms with E-state index in [2.05, 4.69) is 0 Å². The smallest absolute Gasteiger partial charge is 0.256 e. The molecule has 1 aliphatic rings. The molecule has 6 heteroatoms. The Morgan fingerprint density at radius 3 is 2.38 bits per heavy atom. The lowest BCUT2D eigenvalue weighted by Gasteiger charge is -2.19. The molecule has 0 bridgehead atoms. The topological polar surface area (TPSA) is 49.8 Å². The molecule has 86 valence electrons. The first-order valence-electron chi connectivity index (χ1n) is 4.58. The van der Waals surface area contributed by atoms with Crippen molar-refractivity contribution in [2.45, 2.75) is 19.1 Å². The van der Waals surface area contributed by atoms with E-state index in [9.17, 15) is 9.90 Å². The maximum absolute atomic E-state index is 11.6. The minimum Gasteiger partial charge on any atom is -0.363 e. The largest absolute Gasteiger partial charge is 0.363 e. The number of benzene rings is 1. The number of carbonyl (C=O) groups excluding carboxylic acids is 1. The molecule has 1 atom stereocenters. The SMILES string of the molecule is CC1(O)CC(=O)N(c2cc(Cl)cc(Cl)c2)O1. The maximum Gasteiger partial charge on any atom is 0.256 e. The Bertz CT molecular complexity index is 427. The number of halogens is 2. The normalized spacial score (nSPS) is 25.2. The van der Waals surface area contributed by atoms with Crippen LogP contribution in [0.5, 0.6) is 0 Å².